The van der Waals surface area contributed by atoms with Gasteiger partial charge < -0.3 is 5.73 Å². The molecule has 0 amide bonds. The van der Waals surface area contributed by atoms with Crippen LogP contribution in [0.1, 0.15) is 24.6 Å². The molecule has 0 atom stereocenters. The van der Waals surface area contributed by atoms with E-state index < -0.39 is 11.6 Å². The standard InChI is InChI=1S/C12H12F2N4/c1-18-12(16-11(17-18)6-2-3-6)7-4-10(15)9(14)5-8(7)13/h4-6H,2-3,15H2,1H3. The van der Waals surface area contributed by atoms with Gasteiger partial charge >= 0.3 is 0 Å². The summed E-state index contributed by atoms with van der Waals surface area (Å²) in [5, 5.41) is 4.25. The molecule has 1 aliphatic rings. The molecule has 1 aromatic carbocycles. The second-order valence-electron chi connectivity index (χ2n) is 4.55. The van der Waals surface area contributed by atoms with E-state index in [0.29, 0.717) is 11.7 Å². The van der Waals surface area contributed by atoms with Crippen LogP contribution in [0.15, 0.2) is 12.1 Å². The molecule has 0 aliphatic heterocycles. The van der Waals surface area contributed by atoms with Gasteiger partial charge in [0.2, 0.25) is 0 Å². The molecular weight excluding hydrogens is 238 g/mol. The van der Waals surface area contributed by atoms with Crippen LogP contribution in [-0.2, 0) is 7.05 Å². The Morgan fingerprint density at radius 3 is 2.67 bits per heavy atom. The van der Waals surface area contributed by atoms with E-state index in [1.165, 1.54) is 10.7 Å². The lowest BCUT2D eigenvalue weighted by atomic mass is 10.1. The Hall–Kier alpha value is -1.98. The molecule has 2 N–H and O–H groups in total. The highest BCUT2D eigenvalue weighted by atomic mass is 19.1. The highest BCUT2D eigenvalue weighted by molar-refractivity contribution is 5.62. The maximum atomic E-state index is 13.7. The number of rotatable bonds is 2. The average molecular weight is 250 g/mol. The van der Waals surface area contributed by atoms with E-state index in [1.807, 2.05) is 0 Å². The van der Waals surface area contributed by atoms with Crippen molar-refractivity contribution in [1.29, 1.82) is 0 Å². The van der Waals surface area contributed by atoms with E-state index >= 15 is 0 Å². The van der Waals surface area contributed by atoms with Gasteiger partial charge in [0.15, 0.2) is 11.6 Å². The summed E-state index contributed by atoms with van der Waals surface area (Å²) in [4.78, 5) is 4.31. The van der Waals surface area contributed by atoms with Gasteiger partial charge in [-0.15, -0.1) is 0 Å². The monoisotopic (exact) mass is 250 g/mol. The van der Waals surface area contributed by atoms with Crippen molar-refractivity contribution in [1.82, 2.24) is 14.8 Å². The zero-order valence-electron chi connectivity index (χ0n) is 9.82. The van der Waals surface area contributed by atoms with Crippen molar-refractivity contribution in [3.05, 3.63) is 29.6 Å². The van der Waals surface area contributed by atoms with Gasteiger partial charge in [-0.2, -0.15) is 5.10 Å². The summed E-state index contributed by atoms with van der Waals surface area (Å²) in [6, 6.07) is 2.03. The molecule has 0 bridgehead atoms. The lowest BCUT2D eigenvalue weighted by Crippen LogP contribution is -1.99. The molecule has 6 heteroatoms. The third-order valence-electron chi connectivity index (χ3n) is 3.05. The van der Waals surface area contributed by atoms with Gasteiger partial charge in [-0.1, -0.05) is 0 Å². The van der Waals surface area contributed by atoms with Crippen LogP contribution in [0.3, 0.4) is 0 Å². The minimum absolute atomic E-state index is 0.0950. The van der Waals surface area contributed by atoms with E-state index in [9.17, 15) is 8.78 Å². The van der Waals surface area contributed by atoms with Gasteiger partial charge in [0, 0.05) is 19.0 Å². The van der Waals surface area contributed by atoms with Crippen LogP contribution in [0.2, 0.25) is 0 Å². The van der Waals surface area contributed by atoms with Gasteiger partial charge in [0.25, 0.3) is 0 Å². The fraction of sp³-hybridized carbons (Fsp3) is 0.333. The van der Waals surface area contributed by atoms with E-state index in [1.54, 1.807) is 7.05 Å². The Morgan fingerprint density at radius 2 is 2.00 bits per heavy atom. The van der Waals surface area contributed by atoms with E-state index in [-0.39, 0.29) is 11.3 Å². The lowest BCUT2D eigenvalue weighted by Gasteiger charge is -2.04. The number of nitrogens with two attached hydrogens (primary N) is 1. The number of hydrogen-bond acceptors (Lipinski definition) is 3. The van der Waals surface area contributed by atoms with Crippen LogP contribution in [0.4, 0.5) is 14.5 Å². The predicted octanol–water partition coefficient (Wildman–Crippen LogP) is 2.22. The second kappa shape index (κ2) is 3.76. The zero-order chi connectivity index (χ0) is 12.9. The minimum atomic E-state index is -0.763. The third-order valence-corrected chi connectivity index (χ3v) is 3.05. The topological polar surface area (TPSA) is 56.7 Å². The lowest BCUT2D eigenvalue weighted by molar-refractivity contribution is 0.586. The summed E-state index contributed by atoms with van der Waals surface area (Å²) in [6.07, 6.45) is 2.13. The Bertz CT molecular complexity index is 617. The Kier molecular flexibility index (Phi) is 2.33. The van der Waals surface area contributed by atoms with Crippen molar-refractivity contribution in [3.63, 3.8) is 0 Å². The number of anilines is 1. The summed E-state index contributed by atoms with van der Waals surface area (Å²) in [5.74, 6) is 0.0297. The Morgan fingerprint density at radius 1 is 1.28 bits per heavy atom. The molecule has 0 radical (unpaired) electrons. The number of halogens is 2. The fourth-order valence-corrected chi connectivity index (χ4v) is 1.89. The van der Waals surface area contributed by atoms with E-state index in [2.05, 4.69) is 10.1 Å². The number of nitrogens with zero attached hydrogens (tertiary/aromatic N) is 3. The third kappa shape index (κ3) is 1.73. The first-order valence-electron chi connectivity index (χ1n) is 5.72. The number of nitrogen functional groups attached to an aromatic ring is 1. The van der Waals surface area contributed by atoms with Crippen LogP contribution in [0, 0.1) is 11.6 Å². The summed E-state index contributed by atoms with van der Waals surface area (Å²) in [5.41, 5.74) is 5.54. The predicted molar refractivity (Wildman–Crippen MR) is 62.7 cm³/mol. The van der Waals surface area contributed by atoms with E-state index in [4.69, 9.17) is 5.73 Å². The largest absolute Gasteiger partial charge is 0.396 e. The number of aromatic nitrogens is 3. The maximum absolute atomic E-state index is 13.7. The molecule has 1 aromatic heterocycles. The van der Waals surface area contributed by atoms with Crippen LogP contribution in [0.5, 0.6) is 0 Å². The van der Waals surface area contributed by atoms with Crippen LogP contribution < -0.4 is 5.73 Å². The zero-order valence-corrected chi connectivity index (χ0v) is 9.82. The summed E-state index contributed by atoms with van der Waals surface area (Å²) in [7, 11) is 1.69. The first kappa shape index (κ1) is 11.1. The van der Waals surface area contributed by atoms with Crippen molar-refractivity contribution in [2.45, 2.75) is 18.8 Å². The normalized spacial score (nSPS) is 15.1. The number of aryl methyl sites for hydroxylation is 1. The van der Waals surface area contributed by atoms with Crippen LogP contribution in [-0.4, -0.2) is 14.8 Å². The quantitative estimate of drug-likeness (QED) is 0.831. The number of benzene rings is 1. The van der Waals surface area contributed by atoms with Gasteiger partial charge in [-0.25, -0.2) is 18.4 Å². The molecule has 1 heterocycles. The molecule has 2 aromatic rings. The molecule has 1 fully saturated rings. The first-order valence-corrected chi connectivity index (χ1v) is 5.72. The molecule has 1 saturated carbocycles. The maximum Gasteiger partial charge on any atom is 0.161 e. The van der Waals surface area contributed by atoms with Crippen molar-refractivity contribution in [3.8, 4) is 11.4 Å². The Balaban J connectivity index is 2.11. The highest BCUT2D eigenvalue weighted by Crippen LogP contribution is 2.39. The van der Waals surface area contributed by atoms with Gasteiger partial charge in [-0.05, 0) is 18.9 Å². The van der Waals surface area contributed by atoms with Crippen molar-refractivity contribution in [2.75, 3.05) is 5.73 Å². The first-order chi connectivity index (χ1) is 8.56. The molecule has 0 spiro atoms. The molecule has 0 saturated heterocycles. The van der Waals surface area contributed by atoms with Crippen molar-refractivity contribution >= 4 is 5.69 Å². The van der Waals surface area contributed by atoms with Gasteiger partial charge in [0.1, 0.15) is 11.6 Å². The van der Waals surface area contributed by atoms with Crippen LogP contribution in [0.25, 0.3) is 11.4 Å². The summed E-state index contributed by atoms with van der Waals surface area (Å²) >= 11 is 0. The highest BCUT2D eigenvalue weighted by Gasteiger charge is 2.29. The number of hydrogen-bond donors (Lipinski definition) is 1. The molecule has 4 nitrogen and oxygen atoms in total. The molecule has 3 rings (SSSR count). The summed E-state index contributed by atoms with van der Waals surface area (Å²) in [6.45, 7) is 0. The van der Waals surface area contributed by atoms with Crippen molar-refractivity contribution < 1.29 is 8.78 Å². The minimum Gasteiger partial charge on any atom is -0.396 e. The fourth-order valence-electron chi connectivity index (χ4n) is 1.89. The summed E-state index contributed by atoms with van der Waals surface area (Å²) < 4.78 is 28.4. The second-order valence-corrected chi connectivity index (χ2v) is 4.55. The molecule has 94 valence electrons. The molecule has 0 unspecified atom stereocenters. The average Bonchev–Trinajstić information content (AvgIpc) is 3.08. The van der Waals surface area contributed by atoms with E-state index in [0.717, 1.165) is 24.7 Å². The molecular formula is C12H12F2N4. The van der Waals surface area contributed by atoms with Crippen LogP contribution >= 0.6 is 0 Å². The van der Waals surface area contributed by atoms with Gasteiger partial charge in [0.05, 0.1) is 11.3 Å². The SMILES string of the molecule is Cn1nc(C2CC2)nc1-c1cc(N)c(F)cc1F. The Labute approximate surface area is 102 Å². The molecule has 18 heavy (non-hydrogen) atoms. The smallest absolute Gasteiger partial charge is 0.161 e. The molecule has 1 aliphatic carbocycles. The van der Waals surface area contributed by atoms with Crippen molar-refractivity contribution in [2.24, 2.45) is 7.05 Å². The van der Waals surface area contributed by atoms with Gasteiger partial charge in [-0.3, -0.25) is 0 Å².